The third kappa shape index (κ3) is 2.26. The second-order valence-electron chi connectivity index (χ2n) is 5.28. The van der Waals surface area contributed by atoms with Crippen molar-refractivity contribution >= 4 is 6.09 Å². The predicted octanol–water partition coefficient (Wildman–Crippen LogP) is 0.130. The van der Waals surface area contributed by atoms with Crippen LogP contribution in [0.1, 0.15) is 5.56 Å². The Morgan fingerprint density at radius 3 is 2.65 bits per heavy atom. The van der Waals surface area contributed by atoms with Crippen LogP contribution in [0.4, 0.5) is 4.79 Å². The number of aliphatic hydroxyl groups excluding tert-OH is 2. The van der Waals surface area contributed by atoms with Crippen LogP contribution in [0.3, 0.4) is 0 Å². The number of aliphatic hydroxyl groups is 2. The van der Waals surface area contributed by atoms with Gasteiger partial charge in [0, 0.05) is 0 Å². The molecule has 0 aliphatic carbocycles. The predicted molar refractivity (Wildman–Crippen MR) is 68.9 cm³/mol. The first kappa shape index (κ1) is 13.4. The van der Waals surface area contributed by atoms with Gasteiger partial charge in [-0.3, -0.25) is 0 Å². The van der Waals surface area contributed by atoms with Crippen LogP contribution in [0.25, 0.3) is 0 Å². The summed E-state index contributed by atoms with van der Waals surface area (Å²) in [6, 6.07) is 9.42. The van der Waals surface area contributed by atoms with Crippen LogP contribution in [0.2, 0.25) is 0 Å². The molecule has 2 saturated heterocycles. The average molecular weight is 279 g/mol. The molecule has 2 aliphatic rings. The molecule has 2 N–H and O–H groups in total. The molecule has 1 aromatic carbocycles. The maximum atomic E-state index is 11.8. The summed E-state index contributed by atoms with van der Waals surface area (Å²) in [5.41, 5.74) is 0.106. The number of carbonyl (C=O) groups excluding carboxylic acids is 1. The highest BCUT2D eigenvalue weighted by Crippen LogP contribution is 2.35. The minimum atomic E-state index is -0.944. The number of carbonyl (C=O) groups is 1. The van der Waals surface area contributed by atoms with E-state index in [2.05, 4.69) is 0 Å². The number of rotatable bonds is 2. The van der Waals surface area contributed by atoms with Gasteiger partial charge in [-0.25, -0.2) is 4.79 Å². The summed E-state index contributed by atoms with van der Waals surface area (Å²) in [5, 5.41) is 19.3. The largest absolute Gasteiger partial charge is 0.445 e. The molecule has 6 heteroatoms. The van der Waals surface area contributed by atoms with Crippen LogP contribution >= 0.6 is 0 Å². The molecule has 108 valence electrons. The van der Waals surface area contributed by atoms with Crippen molar-refractivity contribution in [1.29, 1.82) is 0 Å². The molecule has 1 spiro atoms. The molecule has 6 nitrogen and oxygen atoms in total. The second-order valence-corrected chi connectivity index (χ2v) is 5.28. The highest BCUT2D eigenvalue weighted by molar-refractivity contribution is 5.69. The molecule has 20 heavy (non-hydrogen) atoms. The van der Waals surface area contributed by atoms with Crippen molar-refractivity contribution in [2.75, 3.05) is 19.7 Å². The van der Waals surface area contributed by atoms with Crippen molar-refractivity contribution in [2.24, 2.45) is 0 Å². The zero-order chi connectivity index (χ0) is 14.2. The highest BCUT2D eigenvalue weighted by atomic mass is 16.6. The van der Waals surface area contributed by atoms with E-state index in [1.165, 1.54) is 4.90 Å². The molecule has 3 rings (SSSR count). The zero-order valence-corrected chi connectivity index (χ0v) is 10.9. The van der Waals surface area contributed by atoms with E-state index in [-0.39, 0.29) is 26.3 Å². The number of benzene rings is 1. The molecule has 0 unspecified atom stereocenters. The molecule has 2 atom stereocenters. The quantitative estimate of drug-likeness (QED) is 0.804. The van der Waals surface area contributed by atoms with E-state index >= 15 is 0 Å². The first-order valence-electron chi connectivity index (χ1n) is 6.56. The minimum Gasteiger partial charge on any atom is -0.445 e. The molecule has 2 fully saturated rings. The molecular weight excluding hydrogens is 262 g/mol. The molecule has 2 aliphatic heterocycles. The summed E-state index contributed by atoms with van der Waals surface area (Å²) in [6.07, 6.45) is -2.25. The smallest absolute Gasteiger partial charge is 0.410 e. The van der Waals surface area contributed by atoms with Gasteiger partial charge < -0.3 is 24.6 Å². The van der Waals surface area contributed by atoms with Gasteiger partial charge in [0.05, 0.1) is 19.7 Å². The van der Waals surface area contributed by atoms with Crippen molar-refractivity contribution in [3.05, 3.63) is 35.9 Å². The first-order valence-corrected chi connectivity index (χ1v) is 6.56. The standard InChI is InChI=1S/C14H17NO5/c16-11-7-20-14(12(11)17)8-15(9-14)13(18)19-6-10-4-2-1-3-5-10/h1-5,11-12,16-17H,6-9H2/t11-,12-/m1/s1. The molecule has 2 heterocycles. The normalized spacial score (nSPS) is 27.4. The Bertz CT molecular complexity index is 486. The zero-order valence-electron chi connectivity index (χ0n) is 10.9. The van der Waals surface area contributed by atoms with E-state index in [4.69, 9.17) is 9.47 Å². The lowest BCUT2D eigenvalue weighted by Crippen LogP contribution is -2.68. The SMILES string of the molecule is O=C(OCc1ccccc1)N1CC2(C1)OC[C@@H](O)[C@H]2O. The van der Waals surface area contributed by atoms with Gasteiger partial charge in [-0.05, 0) is 5.56 Å². The van der Waals surface area contributed by atoms with Gasteiger partial charge >= 0.3 is 6.09 Å². The molecule has 1 amide bonds. The van der Waals surface area contributed by atoms with Crippen molar-refractivity contribution in [2.45, 2.75) is 24.4 Å². The summed E-state index contributed by atoms with van der Waals surface area (Å²) in [4.78, 5) is 13.3. The van der Waals surface area contributed by atoms with Crippen molar-refractivity contribution in [3.8, 4) is 0 Å². The molecular formula is C14H17NO5. The van der Waals surface area contributed by atoms with E-state index in [0.717, 1.165) is 5.56 Å². The monoisotopic (exact) mass is 279 g/mol. The van der Waals surface area contributed by atoms with Gasteiger partial charge in [-0.15, -0.1) is 0 Å². The minimum absolute atomic E-state index is 0.105. The van der Waals surface area contributed by atoms with Crippen molar-refractivity contribution in [3.63, 3.8) is 0 Å². The van der Waals surface area contributed by atoms with E-state index in [1.54, 1.807) is 0 Å². The number of amides is 1. The molecule has 0 bridgehead atoms. The van der Waals surface area contributed by atoms with E-state index in [1.807, 2.05) is 30.3 Å². The Morgan fingerprint density at radius 2 is 2.05 bits per heavy atom. The van der Waals surface area contributed by atoms with Gasteiger partial charge in [-0.1, -0.05) is 30.3 Å². The van der Waals surface area contributed by atoms with Crippen LogP contribution in [-0.4, -0.2) is 58.7 Å². The molecule has 0 radical (unpaired) electrons. The Morgan fingerprint density at radius 1 is 1.35 bits per heavy atom. The Labute approximate surface area is 116 Å². The Hall–Kier alpha value is -1.63. The number of likely N-dealkylation sites (tertiary alicyclic amines) is 1. The van der Waals surface area contributed by atoms with Crippen LogP contribution in [0.5, 0.6) is 0 Å². The topological polar surface area (TPSA) is 79.2 Å². The number of hydrogen-bond donors (Lipinski definition) is 2. The van der Waals surface area contributed by atoms with Gasteiger partial charge in [0.2, 0.25) is 0 Å². The lowest BCUT2D eigenvalue weighted by molar-refractivity contribution is -0.147. The van der Waals surface area contributed by atoms with Gasteiger partial charge in [0.15, 0.2) is 0 Å². The number of hydrogen-bond acceptors (Lipinski definition) is 5. The summed E-state index contributed by atoms with van der Waals surface area (Å²) in [5.74, 6) is 0. The fourth-order valence-electron chi connectivity index (χ4n) is 2.60. The van der Waals surface area contributed by atoms with Crippen molar-refractivity contribution < 1.29 is 24.5 Å². The second kappa shape index (κ2) is 5.05. The molecule has 1 aromatic rings. The van der Waals surface area contributed by atoms with E-state index in [9.17, 15) is 15.0 Å². The lowest BCUT2D eigenvalue weighted by Gasteiger charge is -2.47. The lowest BCUT2D eigenvalue weighted by atomic mass is 9.88. The van der Waals surface area contributed by atoms with E-state index < -0.39 is 23.9 Å². The van der Waals surface area contributed by atoms with Gasteiger partial charge in [0.25, 0.3) is 0 Å². The molecule has 0 saturated carbocycles. The third-order valence-corrected chi connectivity index (χ3v) is 3.83. The van der Waals surface area contributed by atoms with Gasteiger partial charge in [0.1, 0.15) is 24.4 Å². The molecule has 0 aromatic heterocycles. The number of ether oxygens (including phenoxy) is 2. The van der Waals surface area contributed by atoms with Crippen LogP contribution in [-0.2, 0) is 16.1 Å². The third-order valence-electron chi connectivity index (χ3n) is 3.83. The average Bonchev–Trinajstić information content (AvgIpc) is 2.72. The maximum Gasteiger partial charge on any atom is 0.410 e. The van der Waals surface area contributed by atoms with Crippen LogP contribution < -0.4 is 0 Å². The van der Waals surface area contributed by atoms with Gasteiger partial charge in [-0.2, -0.15) is 0 Å². The summed E-state index contributed by atoms with van der Waals surface area (Å²) >= 11 is 0. The summed E-state index contributed by atoms with van der Waals surface area (Å²) in [7, 11) is 0. The van der Waals surface area contributed by atoms with Crippen molar-refractivity contribution in [1.82, 2.24) is 4.90 Å². The highest BCUT2D eigenvalue weighted by Gasteiger charge is 2.58. The Balaban J connectivity index is 1.49. The van der Waals surface area contributed by atoms with Crippen LogP contribution in [0, 0.1) is 0 Å². The number of nitrogens with zero attached hydrogens (tertiary/aromatic N) is 1. The maximum absolute atomic E-state index is 11.8. The summed E-state index contributed by atoms with van der Waals surface area (Å²) in [6.45, 7) is 0.820. The van der Waals surface area contributed by atoms with Crippen LogP contribution in [0.15, 0.2) is 30.3 Å². The fraction of sp³-hybridized carbons (Fsp3) is 0.500. The first-order chi connectivity index (χ1) is 9.61. The fourth-order valence-corrected chi connectivity index (χ4v) is 2.60. The van der Waals surface area contributed by atoms with E-state index in [0.29, 0.717) is 0 Å². The Kier molecular flexibility index (Phi) is 3.37. The summed E-state index contributed by atoms with van der Waals surface area (Å²) < 4.78 is 10.6.